The fraction of sp³-hybridized carbons (Fsp3) is 0.333. The maximum Gasteiger partial charge on any atom is 0.296 e. The van der Waals surface area contributed by atoms with E-state index >= 15 is 0 Å². The van der Waals surface area contributed by atoms with E-state index in [-0.39, 0.29) is 22.9 Å². The third kappa shape index (κ3) is 2.09. The molecule has 0 amide bonds. The van der Waals surface area contributed by atoms with E-state index in [1.165, 1.54) is 19.2 Å². The third-order valence-electron chi connectivity index (χ3n) is 1.87. The van der Waals surface area contributed by atoms with Crippen molar-refractivity contribution in [2.45, 2.75) is 6.92 Å². The number of rotatable bonds is 4. The van der Waals surface area contributed by atoms with Gasteiger partial charge in [0.2, 0.25) is 0 Å². The Labute approximate surface area is 86.6 Å². The molecule has 0 aliphatic carbocycles. The molecule has 1 aromatic carbocycles. The molecular formula is C9H12N2O4. The lowest BCUT2D eigenvalue weighted by molar-refractivity contribution is -0.384. The first kappa shape index (κ1) is 11.1. The van der Waals surface area contributed by atoms with Gasteiger partial charge < -0.3 is 15.2 Å². The van der Waals surface area contributed by atoms with E-state index in [9.17, 15) is 15.2 Å². The molecule has 2 N–H and O–H groups in total. The van der Waals surface area contributed by atoms with Crippen molar-refractivity contribution in [3.63, 3.8) is 0 Å². The van der Waals surface area contributed by atoms with Crippen molar-refractivity contribution in [3.8, 4) is 11.5 Å². The molecule has 0 saturated heterocycles. The average Bonchev–Trinajstić information content (AvgIpc) is 2.18. The number of ether oxygens (including phenoxy) is 1. The first-order valence-electron chi connectivity index (χ1n) is 4.40. The van der Waals surface area contributed by atoms with Crippen LogP contribution >= 0.6 is 0 Å². The Balaban J connectivity index is 3.34. The van der Waals surface area contributed by atoms with Gasteiger partial charge >= 0.3 is 0 Å². The van der Waals surface area contributed by atoms with Crippen LogP contribution in [0, 0.1) is 10.1 Å². The maximum absolute atomic E-state index is 10.7. The number of nitro benzene ring substituents is 1. The number of aromatic hydroxyl groups is 1. The van der Waals surface area contributed by atoms with Crippen molar-refractivity contribution in [2.24, 2.45) is 0 Å². The first-order chi connectivity index (χ1) is 7.11. The van der Waals surface area contributed by atoms with Gasteiger partial charge in [0.05, 0.1) is 12.0 Å². The summed E-state index contributed by atoms with van der Waals surface area (Å²) in [6.07, 6.45) is 0. The number of hydrogen-bond donors (Lipinski definition) is 2. The van der Waals surface area contributed by atoms with Crippen LogP contribution in [-0.2, 0) is 0 Å². The number of hydrogen-bond acceptors (Lipinski definition) is 5. The number of nitro groups is 1. The van der Waals surface area contributed by atoms with Gasteiger partial charge in [0.1, 0.15) is 0 Å². The van der Waals surface area contributed by atoms with E-state index in [0.717, 1.165) is 0 Å². The van der Waals surface area contributed by atoms with Crippen LogP contribution in [0.1, 0.15) is 6.92 Å². The molecule has 0 saturated carbocycles. The molecule has 15 heavy (non-hydrogen) atoms. The number of nitrogens with zero attached hydrogens (tertiary/aromatic N) is 1. The summed E-state index contributed by atoms with van der Waals surface area (Å²) in [5, 5.41) is 22.9. The second-order valence-electron chi connectivity index (χ2n) is 2.80. The van der Waals surface area contributed by atoms with Gasteiger partial charge in [0, 0.05) is 12.6 Å². The zero-order valence-electron chi connectivity index (χ0n) is 8.48. The maximum atomic E-state index is 10.7. The van der Waals surface area contributed by atoms with Crippen molar-refractivity contribution in [1.29, 1.82) is 0 Å². The molecule has 0 atom stereocenters. The van der Waals surface area contributed by atoms with Crippen LogP contribution in [0.2, 0.25) is 0 Å². The van der Waals surface area contributed by atoms with E-state index < -0.39 is 4.92 Å². The van der Waals surface area contributed by atoms with Gasteiger partial charge in [-0.3, -0.25) is 10.1 Å². The number of methoxy groups -OCH3 is 1. The van der Waals surface area contributed by atoms with Gasteiger partial charge in [-0.2, -0.15) is 0 Å². The van der Waals surface area contributed by atoms with Crippen molar-refractivity contribution < 1.29 is 14.8 Å². The minimum Gasteiger partial charge on any atom is -0.504 e. The van der Waals surface area contributed by atoms with Gasteiger partial charge in [-0.05, 0) is 13.0 Å². The van der Waals surface area contributed by atoms with Crippen LogP contribution in [0.15, 0.2) is 12.1 Å². The zero-order chi connectivity index (χ0) is 11.4. The van der Waals surface area contributed by atoms with Gasteiger partial charge in [-0.15, -0.1) is 0 Å². The summed E-state index contributed by atoms with van der Waals surface area (Å²) in [6.45, 7) is 2.30. The summed E-state index contributed by atoms with van der Waals surface area (Å²) in [5.41, 5.74) is 0.0801. The fourth-order valence-electron chi connectivity index (χ4n) is 1.27. The molecule has 82 valence electrons. The van der Waals surface area contributed by atoms with Crippen molar-refractivity contribution in [3.05, 3.63) is 22.2 Å². The lowest BCUT2D eigenvalue weighted by Gasteiger charge is -2.10. The summed E-state index contributed by atoms with van der Waals surface area (Å²) in [4.78, 5) is 10.2. The summed E-state index contributed by atoms with van der Waals surface area (Å²) in [5.74, 6) is -0.0369. The third-order valence-corrected chi connectivity index (χ3v) is 1.87. The molecular weight excluding hydrogens is 200 g/mol. The van der Waals surface area contributed by atoms with Gasteiger partial charge in [0.25, 0.3) is 5.69 Å². The highest BCUT2D eigenvalue weighted by molar-refractivity contribution is 5.74. The van der Waals surface area contributed by atoms with E-state index in [1.807, 2.05) is 0 Å². The molecule has 0 aromatic heterocycles. The molecule has 6 heteroatoms. The van der Waals surface area contributed by atoms with Gasteiger partial charge in [-0.1, -0.05) is 0 Å². The highest BCUT2D eigenvalue weighted by atomic mass is 16.6. The first-order valence-corrected chi connectivity index (χ1v) is 4.40. The van der Waals surface area contributed by atoms with E-state index in [1.54, 1.807) is 6.92 Å². The molecule has 0 radical (unpaired) electrons. The van der Waals surface area contributed by atoms with E-state index in [4.69, 9.17) is 4.74 Å². The van der Waals surface area contributed by atoms with E-state index in [0.29, 0.717) is 6.54 Å². The fourth-order valence-corrected chi connectivity index (χ4v) is 1.27. The van der Waals surface area contributed by atoms with Crippen LogP contribution in [0.5, 0.6) is 11.5 Å². The number of phenolic OH excluding ortho intramolecular Hbond substituents is 1. The number of anilines is 1. The average molecular weight is 212 g/mol. The lowest BCUT2D eigenvalue weighted by atomic mass is 10.2. The van der Waals surface area contributed by atoms with Crippen LogP contribution in [0.3, 0.4) is 0 Å². The van der Waals surface area contributed by atoms with Gasteiger partial charge in [0.15, 0.2) is 17.2 Å². The van der Waals surface area contributed by atoms with Crippen LogP contribution in [0.25, 0.3) is 0 Å². The molecule has 0 spiro atoms. The summed E-state index contributed by atoms with van der Waals surface area (Å²) in [6, 6.07) is 2.47. The largest absolute Gasteiger partial charge is 0.504 e. The van der Waals surface area contributed by atoms with Crippen molar-refractivity contribution in [1.82, 2.24) is 0 Å². The highest BCUT2D eigenvalue weighted by Crippen LogP contribution is 2.40. The highest BCUT2D eigenvalue weighted by Gasteiger charge is 2.20. The standard InChI is InChI=1S/C9H12N2O4/c1-3-10-8-6(11(13)14)4-5-7(12)9(8)15-2/h4-5,10,12H,3H2,1-2H3. The molecule has 0 unspecified atom stereocenters. The topological polar surface area (TPSA) is 84.6 Å². The molecule has 1 aromatic rings. The second-order valence-corrected chi connectivity index (χ2v) is 2.80. The molecule has 0 bridgehead atoms. The van der Waals surface area contributed by atoms with Crippen molar-refractivity contribution >= 4 is 11.4 Å². The molecule has 1 rings (SSSR count). The minimum atomic E-state index is -0.528. The Kier molecular flexibility index (Phi) is 3.33. The minimum absolute atomic E-state index is 0.0889. The van der Waals surface area contributed by atoms with Crippen LogP contribution in [-0.4, -0.2) is 23.7 Å². The Morgan fingerprint density at radius 1 is 1.60 bits per heavy atom. The van der Waals surface area contributed by atoms with Crippen LogP contribution < -0.4 is 10.1 Å². The summed E-state index contributed by atoms with van der Waals surface area (Å²) in [7, 11) is 1.35. The normalized spacial score (nSPS) is 9.73. The predicted molar refractivity (Wildman–Crippen MR) is 55.5 cm³/mol. The monoisotopic (exact) mass is 212 g/mol. The Hall–Kier alpha value is -1.98. The SMILES string of the molecule is CCNc1c([N+](=O)[O-])ccc(O)c1OC. The lowest BCUT2D eigenvalue weighted by Crippen LogP contribution is -2.03. The number of nitrogens with one attached hydrogen (secondary N) is 1. The molecule has 6 nitrogen and oxygen atoms in total. The van der Waals surface area contributed by atoms with E-state index in [2.05, 4.69) is 5.32 Å². The number of phenols is 1. The molecule has 0 heterocycles. The van der Waals surface area contributed by atoms with Gasteiger partial charge in [-0.25, -0.2) is 0 Å². The smallest absolute Gasteiger partial charge is 0.296 e. The quantitative estimate of drug-likeness (QED) is 0.586. The number of benzene rings is 1. The Morgan fingerprint density at radius 2 is 2.27 bits per heavy atom. The Morgan fingerprint density at radius 3 is 2.73 bits per heavy atom. The summed E-state index contributed by atoms with van der Waals surface area (Å²) < 4.78 is 4.90. The van der Waals surface area contributed by atoms with Crippen molar-refractivity contribution in [2.75, 3.05) is 19.0 Å². The predicted octanol–water partition coefficient (Wildman–Crippen LogP) is 1.74. The summed E-state index contributed by atoms with van der Waals surface area (Å²) >= 11 is 0. The molecule has 0 fully saturated rings. The van der Waals surface area contributed by atoms with Crippen LogP contribution in [0.4, 0.5) is 11.4 Å². The second kappa shape index (κ2) is 4.50. The Bertz CT molecular complexity index is 379. The zero-order valence-corrected chi connectivity index (χ0v) is 8.48. The molecule has 0 aliphatic rings. The molecule has 0 aliphatic heterocycles.